The summed E-state index contributed by atoms with van der Waals surface area (Å²) in [6, 6.07) is 10.3. The number of anilines is 1. The minimum Gasteiger partial charge on any atom is -0.369 e. The standard InChI is InChI=1S/C16H18N4/c1-3-12-5-4-8-18-14(12)10-20-15-7-6-11(2)9-13(15)19-16(20)17/h4-9H,3,10H2,1-2H3,(H2,17,19). The first-order valence-corrected chi connectivity index (χ1v) is 6.84. The van der Waals surface area contributed by atoms with Gasteiger partial charge >= 0.3 is 0 Å². The summed E-state index contributed by atoms with van der Waals surface area (Å²) in [7, 11) is 0. The van der Waals surface area contributed by atoms with Crippen LogP contribution in [0, 0.1) is 6.92 Å². The molecule has 0 unspecified atom stereocenters. The van der Waals surface area contributed by atoms with Crippen molar-refractivity contribution in [1.29, 1.82) is 0 Å². The lowest BCUT2D eigenvalue weighted by Gasteiger charge is -2.09. The van der Waals surface area contributed by atoms with E-state index < -0.39 is 0 Å². The topological polar surface area (TPSA) is 56.7 Å². The Bertz CT molecular complexity index is 758. The Morgan fingerprint density at radius 3 is 2.90 bits per heavy atom. The SMILES string of the molecule is CCc1cccnc1Cn1c(N)nc2cc(C)ccc21. The summed E-state index contributed by atoms with van der Waals surface area (Å²) in [5, 5.41) is 0. The molecule has 102 valence electrons. The molecule has 0 bridgehead atoms. The van der Waals surface area contributed by atoms with E-state index in [9.17, 15) is 0 Å². The van der Waals surface area contributed by atoms with Gasteiger partial charge in [0.05, 0.1) is 23.3 Å². The molecule has 0 fully saturated rings. The summed E-state index contributed by atoms with van der Waals surface area (Å²) in [4.78, 5) is 8.92. The first-order valence-electron chi connectivity index (χ1n) is 6.84. The molecule has 0 aliphatic heterocycles. The van der Waals surface area contributed by atoms with Crippen molar-refractivity contribution >= 4 is 17.0 Å². The molecule has 2 heterocycles. The van der Waals surface area contributed by atoms with E-state index in [2.05, 4.69) is 48.1 Å². The van der Waals surface area contributed by atoms with Crippen LogP contribution in [0.4, 0.5) is 5.95 Å². The molecule has 3 aromatic rings. The monoisotopic (exact) mass is 266 g/mol. The molecule has 0 atom stereocenters. The minimum atomic E-state index is 0.540. The average Bonchev–Trinajstić information content (AvgIpc) is 2.75. The third kappa shape index (κ3) is 2.13. The van der Waals surface area contributed by atoms with Gasteiger partial charge < -0.3 is 10.3 Å². The maximum absolute atomic E-state index is 6.07. The van der Waals surface area contributed by atoms with Gasteiger partial charge in [0.25, 0.3) is 0 Å². The van der Waals surface area contributed by atoms with Crippen molar-refractivity contribution in [3.8, 4) is 0 Å². The Balaban J connectivity index is 2.08. The van der Waals surface area contributed by atoms with E-state index >= 15 is 0 Å². The summed E-state index contributed by atoms with van der Waals surface area (Å²) >= 11 is 0. The zero-order valence-electron chi connectivity index (χ0n) is 11.8. The second-order valence-corrected chi connectivity index (χ2v) is 5.01. The van der Waals surface area contributed by atoms with Crippen molar-refractivity contribution in [3.63, 3.8) is 0 Å². The zero-order chi connectivity index (χ0) is 14.1. The van der Waals surface area contributed by atoms with Crippen LogP contribution < -0.4 is 5.73 Å². The fourth-order valence-electron chi connectivity index (χ4n) is 2.51. The van der Waals surface area contributed by atoms with Crippen molar-refractivity contribution in [2.24, 2.45) is 0 Å². The molecule has 0 aliphatic carbocycles. The maximum Gasteiger partial charge on any atom is 0.201 e. The van der Waals surface area contributed by atoms with Gasteiger partial charge in [-0.25, -0.2) is 4.98 Å². The lowest BCUT2D eigenvalue weighted by molar-refractivity contribution is 0.793. The van der Waals surface area contributed by atoms with E-state index in [1.807, 2.05) is 16.8 Å². The molecule has 0 radical (unpaired) electrons. The van der Waals surface area contributed by atoms with Crippen LogP contribution >= 0.6 is 0 Å². The molecular formula is C16H18N4. The van der Waals surface area contributed by atoms with Gasteiger partial charge in [-0.1, -0.05) is 19.1 Å². The first-order chi connectivity index (χ1) is 9.69. The summed E-state index contributed by atoms with van der Waals surface area (Å²) in [5.41, 5.74) is 11.6. The number of nitrogens with two attached hydrogens (primary N) is 1. The molecule has 4 heteroatoms. The summed E-state index contributed by atoms with van der Waals surface area (Å²) in [5.74, 6) is 0.540. The Morgan fingerprint density at radius 2 is 2.10 bits per heavy atom. The number of hydrogen-bond donors (Lipinski definition) is 1. The number of rotatable bonds is 3. The number of imidazole rings is 1. The normalized spacial score (nSPS) is 11.1. The number of nitrogens with zero attached hydrogens (tertiary/aromatic N) is 3. The van der Waals surface area contributed by atoms with E-state index in [0.717, 1.165) is 23.1 Å². The molecule has 2 aromatic heterocycles. The van der Waals surface area contributed by atoms with Gasteiger partial charge in [0.1, 0.15) is 0 Å². The summed E-state index contributed by atoms with van der Waals surface area (Å²) in [6.45, 7) is 4.86. The molecule has 4 nitrogen and oxygen atoms in total. The predicted molar refractivity (Wildman–Crippen MR) is 81.6 cm³/mol. The molecule has 1 aromatic carbocycles. The first kappa shape index (κ1) is 12.7. The fraction of sp³-hybridized carbons (Fsp3) is 0.250. The largest absolute Gasteiger partial charge is 0.369 e. The molecule has 20 heavy (non-hydrogen) atoms. The van der Waals surface area contributed by atoms with Gasteiger partial charge in [-0.05, 0) is 42.7 Å². The number of hydrogen-bond acceptors (Lipinski definition) is 3. The van der Waals surface area contributed by atoms with Crippen molar-refractivity contribution in [3.05, 3.63) is 53.3 Å². The van der Waals surface area contributed by atoms with E-state index in [-0.39, 0.29) is 0 Å². The van der Waals surface area contributed by atoms with Crippen LogP contribution in [0.15, 0.2) is 36.5 Å². The van der Waals surface area contributed by atoms with E-state index in [0.29, 0.717) is 12.5 Å². The lowest BCUT2D eigenvalue weighted by atomic mass is 10.1. The molecule has 0 amide bonds. The Morgan fingerprint density at radius 1 is 1.25 bits per heavy atom. The number of aryl methyl sites for hydroxylation is 2. The molecule has 0 saturated carbocycles. The van der Waals surface area contributed by atoms with Gasteiger partial charge in [0.2, 0.25) is 5.95 Å². The molecule has 0 saturated heterocycles. The number of pyridine rings is 1. The maximum atomic E-state index is 6.07. The van der Waals surface area contributed by atoms with Gasteiger partial charge in [-0.15, -0.1) is 0 Å². The Kier molecular flexibility index (Phi) is 3.14. The van der Waals surface area contributed by atoms with Crippen molar-refractivity contribution in [2.75, 3.05) is 5.73 Å². The van der Waals surface area contributed by atoms with Gasteiger partial charge in [-0.2, -0.15) is 0 Å². The van der Waals surface area contributed by atoms with Crippen LogP contribution in [-0.4, -0.2) is 14.5 Å². The van der Waals surface area contributed by atoms with Crippen molar-refractivity contribution in [1.82, 2.24) is 14.5 Å². The third-order valence-electron chi connectivity index (χ3n) is 3.61. The molecular weight excluding hydrogens is 248 g/mol. The van der Waals surface area contributed by atoms with Crippen LogP contribution in [0.25, 0.3) is 11.0 Å². The van der Waals surface area contributed by atoms with Crippen LogP contribution in [0.3, 0.4) is 0 Å². The van der Waals surface area contributed by atoms with Crippen molar-refractivity contribution < 1.29 is 0 Å². The van der Waals surface area contributed by atoms with Gasteiger partial charge in [0, 0.05) is 6.20 Å². The van der Waals surface area contributed by atoms with Crippen LogP contribution in [-0.2, 0) is 13.0 Å². The minimum absolute atomic E-state index is 0.540. The number of aromatic nitrogens is 3. The molecule has 0 aliphatic rings. The van der Waals surface area contributed by atoms with Crippen molar-refractivity contribution in [2.45, 2.75) is 26.8 Å². The lowest BCUT2D eigenvalue weighted by Crippen LogP contribution is -2.08. The highest BCUT2D eigenvalue weighted by Crippen LogP contribution is 2.21. The van der Waals surface area contributed by atoms with Gasteiger partial charge in [-0.3, -0.25) is 4.98 Å². The Hall–Kier alpha value is -2.36. The van der Waals surface area contributed by atoms with E-state index in [1.54, 1.807) is 0 Å². The average molecular weight is 266 g/mol. The number of nitrogen functional groups attached to an aromatic ring is 1. The van der Waals surface area contributed by atoms with Crippen LogP contribution in [0.5, 0.6) is 0 Å². The predicted octanol–water partition coefficient (Wildman–Crippen LogP) is 2.93. The molecule has 2 N–H and O–H groups in total. The highest BCUT2D eigenvalue weighted by molar-refractivity contribution is 5.79. The molecule has 3 rings (SSSR count). The highest BCUT2D eigenvalue weighted by atomic mass is 15.2. The van der Waals surface area contributed by atoms with Crippen LogP contribution in [0.1, 0.15) is 23.7 Å². The third-order valence-corrected chi connectivity index (χ3v) is 3.61. The Labute approximate surface area is 118 Å². The summed E-state index contributed by atoms with van der Waals surface area (Å²) in [6.07, 6.45) is 2.79. The molecule has 0 spiro atoms. The quantitative estimate of drug-likeness (QED) is 0.793. The summed E-state index contributed by atoms with van der Waals surface area (Å²) < 4.78 is 2.02. The van der Waals surface area contributed by atoms with Gasteiger partial charge in [0.15, 0.2) is 0 Å². The van der Waals surface area contributed by atoms with E-state index in [4.69, 9.17) is 5.73 Å². The number of fused-ring (bicyclic) bond motifs is 1. The zero-order valence-corrected chi connectivity index (χ0v) is 11.8. The highest BCUT2D eigenvalue weighted by Gasteiger charge is 2.10. The number of benzene rings is 1. The second-order valence-electron chi connectivity index (χ2n) is 5.01. The second kappa shape index (κ2) is 4.96. The van der Waals surface area contributed by atoms with E-state index in [1.165, 1.54) is 11.1 Å². The fourth-order valence-corrected chi connectivity index (χ4v) is 2.51. The van der Waals surface area contributed by atoms with Crippen LogP contribution in [0.2, 0.25) is 0 Å². The smallest absolute Gasteiger partial charge is 0.201 e.